The zero-order chi connectivity index (χ0) is 17.0. The maximum atomic E-state index is 11.4. The van der Waals surface area contributed by atoms with E-state index in [0.717, 1.165) is 18.9 Å². The summed E-state index contributed by atoms with van der Waals surface area (Å²) in [5, 5.41) is 16.4. The van der Waals surface area contributed by atoms with Crippen LogP contribution in [0.1, 0.15) is 19.8 Å². The summed E-state index contributed by atoms with van der Waals surface area (Å²) in [6, 6.07) is 3.79. The third-order valence-electron chi connectivity index (χ3n) is 3.89. The summed E-state index contributed by atoms with van der Waals surface area (Å²) >= 11 is 0. The van der Waals surface area contributed by atoms with Crippen molar-refractivity contribution in [1.82, 2.24) is 0 Å². The van der Waals surface area contributed by atoms with E-state index in [9.17, 15) is 18.5 Å². The first-order valence-corrected chi connectivity index (χ1v) is 9.01. The number of sulfonamides is 1. The Morgan fingerprint density at radius 2 is 2.22 bits per heavy atom. The minimum Gasteiger partial charge on any atom is -0.381 e. The van der Waals surface area contributed by atoms with Crippen LogP contribution in [-0.2, 0) is 14.8 Å². The maximum Gasteiger partial charge on any atom is 0.293 e. The Labute approximate surface area is 135 Å². The molecule has 0 aliphatic carbocycles. The fraction of sp³-hybridized carbons (Fsp3) is 0.571. The fourth-order valence-corrected chi connectivity index (χ4v) is 3.33. The van der Waals surface area contributed by atoms with E-state index in [-0.39, 0.29) is 10.6 Å². The van der Waals surface area contributed by atoms with E-state index < -0.39 is 14.9 Å². The van der Waals surface area contributed by atoms with E-state index in [0.29, 0.717) is 37.9 Å². The van der Waals surface area contributed by atoms with E-state index in [4.69, 9.17) is 9.88 Å². The van der Waals surface area contributed by atoms with E-state index in [1.807, 2.05) is 11.8 Å². The molecule has 1 aliphatic heterocycles. The zero-order valence-electron chi connectivity index (χ0n) is 13.0. The highest BCUT2D eigenvalue weighted by molar-refractivity contribution is 7.89. The lowest BCUT2D eigenvalue weighted by Gasteiger charge is -2.34. The molecule has 1 fully saturated rings. The van der Waals surface area contributed by atoms with Crippen LogP contribution in [0.4, 0.5) is 11.4 Å². The van der Waals surface area contributed by atoms with Gasteiger partial charge in [0.15, 0.2) is 0 Å². The molecule has 0 bridgehead atoms. The molecule has 1 aromatic carbocycles. The molecule has 1 unspecified atom stereocenters. The van der Waals surface area contributed by atoms with Crippen molar-refractivity contribution in [3.63, 3.8) is 0 Å². The summed E-state index contributed by atoms with van der Waals surface area (Å²) < 4.78 is 28.2. The molecule has 9 heteroatoms. The minimum absolute atomic E-state index is 0.242. The number of nitrogens with zero attached hydrogens (tertiary/aromatic N) is 2. The molecule has 0 saturated carbocycles. The summed E-state index contributed by atoms with van der Waals surface area (Å²) in [5.41, 5.74) is 0.178. The highest BCUT2D eigenvalue weighted by Gasteiger charge is 2.27. The predicted molar refractivity (Wildman–Crippen MR) is 85.9 cm³/mol. The normalized spacial score (nSPS) is 18.9. The van der Waals surface area contributed by atoms with Gasteiger partial charge in [0.1, 0.15) is 5.69 Å². The summed E-state index contributed by atoms with van der Waals surface area (Å²) in [6.07, 6.45) is 1.92. The molecule has 0 radical (unpaired) electrons. The number of hydrogen-bond donors (Lipinski definition) is 1. The van der Waals surface area contributed by atoms with Gasteiger partial charge in [-0.3, -0.25) is 10.1 Å². The number of ether oxygens (including phenoxy) is 1. The van der Waals surface area contributed by atoms with Crippen molar-refractivity contribution >= 4 is 21.4 Å². The molecule has 23 heavy (non-hydrogen) atoms. The molecular weight excluding hydrogens is 322 g/mol. The molecule has 2 rings (SSSR count). The van der Waals surface area contributed by atoms with Gasteiger partial charge in [0.25, 0.3) is 5.69 Å². The van der Waals surface area contributed by atoms with E-state index in [1.165, 1.54) is 12.1 Å². The second kappa shape index (κ2) is 7.24. The third kappa shape index (κ3) is 4.40. The van der Waals surface area contributed by atoms with E-state index in [1.54, 1.807) is 0 Å². The SMILES string of the molecule is CCOCC1CCCN(c2ccc(S(N)(=O)=O)cc2[N+](=O)[O-])C1. The molecule has 1 saturated heterocycles. The second-order valence-corrected chi connectivity index (χ2v) is 7.13. The number of rotatable bonds is 6. The molecule has 2 N–H and O–H groups in total. The Kier molecular flexibility index (Phi) is 5.55. The Bertz CT molecular complexity index is 677. The summed E-state index contributed by atoms with van der Waals surface area (Å²) in [5.74, 6) is 0.307. The van der Waals surface area contributed by atoms with Crippen LogP contribution in [-0.4, -0.2) is 39.6 Å². The molecule has 0 amide bonds. The van der Waals surface area contributed by atoms with Gasteiger partial charge in [0, 0.05) is 25.8 Å². The van der Waals surface area contributed by atoms with E-state index >= 15 is 0 Å². The van der Waals surface area contributed by atoms with E-state index in [2.05, 4.69) is 0 Å². The molecule has 1 aliphatic rings. The monoisotopic (exact) mass is 343 g/mol. The van der Waals surface area contributed by atoms with Crippen molar-refractivity contribution in [2.45, 2.75) is 24.7 Å². The maximum absolute atomic E-state index is 11.4. The van der Waals surface area contributed by atoms with Crippen molar-refractivity contribution < 1.29 is 18.1 Å². The number of nitro benzene ring substituents is 1. The molecule has 1 aromatic rings. The fourth-order valence-electron chi connectivity index (χ4n) is 2.80. The van der Waals surface area contributed by atoms with Crippen molar-refractivity contribution in [2.75, 3.05) is 31.2 Å². The Hall–Kier alpha value is -1.71. The van der Waals surface area contributed by atoms with Gasteiger partial charge in [0.05, 0.1) is 16.4 Å². The molecular formula is C14H21N3O5S. The molecule has 128 valence electrons. The van der Waals surface area contributed by atoms with Crippen LogP contribution >= 0.6 is 0 Å². The molecule has 0 spiro atoms. The lowest BCUT2D eigenvalue weighted by atomic mass is 9.98. The highest BCUT2D eigenvalue weighted by Crippen LogP contribution is 2.33. The summed E-state index contributed by atoms with van der Waals surface area (Å²) in [7, 11) is -3.97. The van der Waals surface area contributed by atoms with Crippen LogP contribution in [0, 0.1) is 16.0 Å². The van der Waals surface area contributed by atoms with Crippen molar-refractivity contribution in [3.8, 4) is 0 Å². The number of benzene rings is 1. The lowest BCUT2D eigenvalue weighted by Crippen LogP contribution is -2.37. The molecule has 1 atom stereocenters. The lowest BCUT2D eigenvalue weighted by molar-refractivity contribution is -0.384. The second-order valence-electron chi connectivity index (χ2n) is 5.57. The van der Waals surface area contributed by atoms with Gasteiger partial charge in [-0.05, 0) is 37.8 Å². The largest absolute Gasteiger partial charge is 0.381 e. The molecule has 0 aromatic heterocycles. The van der Waals surface area contributed by atoms with Gasteiger partial charge < -0.3 is 9.64 Å². The smallest absolute Gasteiger partial charge is 0.293 e. The van der Waals surface area contributed by atoms with Crippen LogP contribution < -0.4 is 10.0 Å². The average Bonchev–Trinajstić information content (AvgIpc) is 2.51. The van der Waals surface area contributed by atoms with Gasteiger partial charge in [-0.15, -0.1) is 0 Å². The average molecular weight is 343 g/mol. The Balaban J connectivity index is 2.29. The zero-order valence-corrected chi connectivity index (χ0v) is 13.8. The van der Waals surface area contributed by atoms with Crippen molar-refractivity contribution in [2.24, 2.45) is 11.1 Å². The van der Waals surface area contributed by atoms with Crippen molar-refractivity contribution in [3.05, 3.63) is 28.3 Å². The van der Waals surface area contributed by atoms with Crippen LogP contribution in [0.15, 0.2) is 23.1 Å². The standard InChI is InChI=1S/C14H21N3O5S/c1-2-22-10-11-4-3-7-16(9-11)13-6-5-12(23(15,20)21)8-14(13)17(18)19/h5-6,8,11H,2-4,7,9-10H2,1H3,(H2,15,20,21). The van der Waals surface area contributed by atoms with Gasteiger partial charge in [-0.25, -0.2) is 13.6 Å². The summed E-state index contributed by atoms with van der Waals surface area (Å²) in [6.45, 7) is 4.53. The number of nitro groups is 1. The first-order valence-electron chi connectivity index (χ1n) is 7.47. The third-order valence-corrected chi connectivity index (χ3v) is 4.80. The van der Waals surface area contributed by atoms with Gasteiger partial charge >= 0.3 is 0 Å². The number of anilines is 1. The highest BCUT2D eigenvalue weighted by atomic mass is 32.2. The van der Waals surface area contributed by atoms with Gasteiger partial charge in [0.2, 0.25) is 10.0 Å². The Morgan fingerprint density at radius 3 is 2.83 bits per heavy atom. The molecule has 1 heterocycles. The van der Waals surface area contributed by atoms with Crippen LogP contribution in [0.3, 0.4) is 0 Å². The quantitative estimate of drug-likeness (QED) is 0.618. The van der Waals surface area contributed by atoms with Gasteiger partial charge in [-0.2, -0.15) is 0 Å². The van der Waals surface area contributed by atoms with Crippen LogP contribution in [0.25, 0.3) is 0 Å². The molecule has 8 nitrogen and oxygen atoms in total. The number of hydrogen-bond acceptors (Lipinski definition) is 6. The number of piperidine rings is 1. The Morgan fingerprint density at radius 1 is 1.48 bits per heavy atom. The van der Waals surface area contributed by atoms with Crippen molar-refractivity contribution in [1.29, 1.82) is 0 Å². The van der Waals surface area contributed by atoms with Gasteiger partial charge in [-0.1, -0.05) is 0 Å². The number of nitrogens with two attached hydrogens (primary N) is 1. The first-order chi connectivity index (χ1) is 10.8. The topological polar surface area (TPSA) is 116 Å². The predicted octanol–water partition coefficient (Wildman–Crippen LogP) is 1.50. The summed E-state index contributed by atoms with van der Waals surface area (Å²) in [4.78, 5) is 12.4. The van der Waals surface area contributed by atoms with Crippen LogP contribution in [0.2, 0.25) is 0 Å². The number of primary sulfonamides is 1. The van der Waals surface area contributed by atoms with Crippen LogP contribution in [0.5, 0.6) is 0 Å². The minimum atomic E-state index is -3.97. The first kappa shape index (κ1) is 17.6.